The van der Waals surface area contributed by atoms with Gasteiger partial charge in [-0.2, -0.15) is 0 Å². The molecule has 6 heteroatoms. The Morgan fingerprint density at radius 3 is 2.67 bits per heavy atom. The number of esters is 1. The van der Waals surface area contributed by atoms with E-state index in [9.17, 15) is 9.59 Å². The van der Waals surface area contributed by atoms with Gasteiger partial charge in [-0.05, 0) is 24.3 Å². The number of rotatable bonds is 5. The van der Waals surface area contributed by atoms with Crippen LogP contribution in [0.1, 0.15) is 20.7 Å². The number of Topliss-reactive ketones (excluding diaryl/α,β-unsaturated/α-hetero) is 1. The predicted octanol–water partition coefficient (Wildman–Crippen LogP) is 2.68. The van der Waals surface area contributed by atoms with Gasteiger partial charge in [-0.3, -0.25) is 14.8 Å². The fourth-order valence-corrected chi connectivity index (χ4v) is 2.25. The van der Waals surface area contributed by atoms with E-state index in [1.54, 1.807) is 48.7 Å². The van der Waals surface area contributed by atoms with Crippen molar-refractivity contribution in [2.24, 2.45) is 0 Å². The molecule has 0 radical (unpaired) electrons. The molecule has 120 valence electrons. The Balaban J connectivity index is 1.74. The maximum absolute atomic E-state index is 12.3. The van der Waals surface area contributed by atoms with E-state index in [1.807, 2.05) is 0 Å². The van der Waals surface area contributed by atoms with E-state index in [0.717, 1.165) is 0 Å². The lowest BCUT2D eigenvalue weighted by molar-refractivity contribution is 0.0476. The molecule has 0 aliphatic rings. The number of ketones is 1. The number of methoxy groups -OCH3 is 1. The number of benzene rings is 2. The molecule has 0 N–H and O–H groups in total. The second-order valence-corrected chi connectivity index (χ2v) is 4.96. The van der Waals surface area contributed by atoms with Crippen molar-refractivity contribution in [1.29, 1.82) is 0 Å². The second-order valence-electron chi connectivity index (χ2n) is 4.96. The number of aromatic nitrogens is 2. The Morgan fingerprint density at radius 2 is 1.83 bits per heavy atom. The zero-order valence-corrected chi connectivity index (χ0v) is 12.9. The van der Waals surface area contributed by atoms with Crippen molar-refractivity contribution in [3.8, 4) is 5.75 Å². The largest absolute Gasteiger partial charge is 0.497 e. The van der Waals surface area contributed by atoms with Crippen molar-refractivity contribution in [1.82, 2.24) is 9.97 Å². The fourth-order valence-electron chi connectivity index (χ4n) is 2.25. The summed E-state index contributed by atoms with van der Waals surface area (Å²) >= 11 is 0. The predicted molar refractivity (Wildman–Crippen MR) is 87.1 cm³/mol. The van der Waals surface area contributed by atoms with E-state index in [2.05, 4.69) is 9.97 Å². The molecule has 3 aromatic rings. The molecule has 0 unspecified atom stereocenters. The first-order valence-electron chi connectivity index (χ1n) is 7.23. The van der Waals surface area contributed by atoms with Crippen molar-refractivity contribution in [2.75, 3.05) is 13.7 Å². The van der Waals surface area contributed by atoms with Gasteiger partial charge in [0.15, 0.2) is 12.4 Å². The third kappa shape index (κ3) is 3.22. The van der Waals surface area contributed by atoms with Crippen LogP contribution in [0.4, 0.5) is 0 Å². The van der Waals surface area contributed by atoms with Gasteiger partial charge < -0.3 is 9.47 Å². The second kappa shape index (κ2) is 6.87. The standard InChI is InChI=1S/C18H14N2O4/c1-23-13-5-2-4-12(10-13)16(21)11-24-18(22)14-6-3-7-15-17(14)20-9-8-19-15/h2-10H,11H2,1H3. The molecule has 0 spiro atoms. The molecule has 0 atom stereocenters. The number of carbonyl (C=O) groups excluding carboxylic acids is 2. The summed E-state index contributed by atoms with van der Waals surface area (Å²) in [4.78, 5) is 32.7. The number of hydrogen-bond acceptors (Lipinski definition) is 6. The lowest BCUT2D eigenvalue weighted by Gasteiger charge is -2.07. The summed E-state index contributed by atoms with van der Waals surface area (Å²) in [5, 5.41) is 0. The zero-order chi connectivity index (χ0) is 16.9. The average Bonchev–Trinajstić information content (AvgIpc) is 2.65. The quantitative estimate of drug-likeness (QED) is 0.531. The van der Waals surface area contributed by atoms with Gasteiger partial charge in [-0.1, -0.05) is 18.2 Å². The van der Waals surface area contributed by atoms with Gasteiger partial charge in [-0.25, -0.2) is 4.79 Å². The number of fused-ring (bicyclic) bond motifs is 1. The van der Waals surface area contributed by atoms with E-state index < -0.39 is 5.97 Å². The maximum Gasteiger partial charge on any atom is 0.340 e. The highest BCUT2D eigenvalue weighted by Gasteiger charge is 2.15. The molecule has 0 bridgehead atoms. The molecule has 0 amide bonds. The number of nitrogens with zero attached hydrogens (tertiary/aromatic N) is 2. The van der Waals surface area contributed by atoms with Crippen LogP contribution in [0.5, 0.6) is 5.75 Å². The highest BCUT2D eigenvalue weighted by molar-refractivity contribution is 6.03. The monoisotopic (exact) mass is 322 g/mol. The van der Waals surface area contributed by atoms with Gasteiger partial charge in [0.1, 0.15) is 11.3 Å². The minimum Gasteiger partial charge on any atom is -0.497 e. The SMILES string of the molecule is COc1cccc(C(=O)COC(=O)c2cccc3nccnc23)c1. The summed E-state index contributed by atoms with van der Waals surface area (Å²) < 4.78 is 10.2. The van der Waals surface area contributed by atoms with Crippen LogP contribution in [0.15, 0.2) is 54.9 Å². The minimum absolute atomic E-state index is 0.277. The number of ether oxygens (including phenoxy) is 2. The van der Waals surface area contributed by atoms with Gasteiger partial charge in [0.05, 0.1) is 18.2 Å². The van der Waals surface area contributed by atoms with Crippen LogP contribution in [0.3, 0.4) is 0 Å². The summed E-state index contributed by atoms with van der Waals surface area (Å²) in [6.07, 6.45) is 3.05. The van der Waals surface area contributed by atoms with Crippen molar-refractivity contribution in [2.45, 2.75) is 0 Å². The normalized spacial score (nSPS) is 10.4. The van der Waals surface area contributed by atoms with E-state index in [1.165, 1.54) is 13.3 Å². The molecule has 2 aromatic carbocycles. The van der Waals surface area contributed by atoms with Crippen molar-refractivity contribution >= 4 is 22.8 Å². The molecule has 0 saturated heterocycles. The highest BCUT2D eigenvalue weighted by atomic mass is 16.5. The number of carbonyl (C=O) groups is 2. The van der Waals surface area contributed by atoms with Crippen LogP contribution < -0.4 is 4.74 Å². The molecule has 0 aliphatic carbocycles. The third-order valence-electron chi connectivity index (χ3n) is 3.44. The number of para-hydroxylation sites is 1. The lowest BCUT2D eigenvalue weighted by Crippen LogP contribution is -2.15. The smallest absolute Gasteiger partial charge is 0.340 e. The molecule has 0 saturated carbocycles. The Morgan fingerprint density at radius 1 is 1.04 bits per heavy atom. The first kappa shape index (κ1) is 15.6. The topological polar surface area (TPSA) is 78.4 Å². The van der Waals surface area contributed by atoms with Crippen LogP contribution in [0.2, 0.25) is 0 Å². The Bertz CT molecular complexity index is 903. The molecular weight excluding hydrogens is 308 g/mol. The van der Waals surface area contributed by atoms with E-state index in [0.29, 0.717) is 22.3 Å². The molecule has 24 heavy (non-hydrogen) atoms. The van der Waals surface area contributed by atoms with Crippen LogP contribution >= 0.6 is 0 Å². The summed E-state index contributed by atoms with van der Waals surface area (Å²) in [7, 11) is 1.52. The lowest BCUT2D eigenvalue weighted by atomic mass is 10.1. The van der Waals surface area contributed by atoms with Crippen molar-refractivity contribution < 1.29 is 19.1 Å². The molecular formula is C18H14N2O4. The molecule has 0 aliphatic heterocycles. The van der Waals surface area contributed by atoms with E-state index >= 15 is 0 Å². The summed E-state index contributed by atoms with van der Waals surface area (Å²) in [5.41, 5.74) is 1.73. The number of hydrogen-bond donors (Lipinski definition) is 0. The first-order valence-corrected chi connectivity index (χ1v) is 7.23. The third-order valence-corrected chi connectivity index (χ3v) is 3.44. The Labute approximate surface area is 138 Å². The minimum atomic E-state index is -0.614. The van der Waals surface area contributed by atoms with Crippen LogP contribution in [0.25, 0.3) is 11.0 Å². The summed E-state index contributed by atoms with van der Waals surface area (Å²) in [6.45, 7) is -0.358. The van der Waals surface area contributed by atoms with Crippen LogP contribution in [0, 0.1) is 0 Å². The van der Waals surface area contributed by atoms with Gasteiger partial charge in [-0.15, -0.1) is 0 Å². The maximum atomic E-state index is 12.3. The van der Waals surface area contributed by atoms with Crippen molar-refractivity contribution in [3.63, 3.8) is 0 Å². The van der Waals surface area contributed by atoms with Gasteiger partial charge in [0.25, 0.3) is 0 Å². The highest BCUT2D eigenvalue weighted by Crippen LogP contribution is 2.16. The fraction of sp³-hybridized carbons (Fsp3) is 0.111. The van der Waals surface area contributed by atoms with Gasteiger partial charge >= 0.3 is 5.97 Å². The zero-order valence-electron chi connectivity index (χ0n) is 12.9. The average molecular weight is 322 g/mol. The van der Waals surface area contributed by atoms with Gasteiger partial charge in [0, 0.05) is 18.0 Å². The van der Waals surface area contributed by atoms with Crippen molar-refractivity contribution in [3.05, 3.63) is 66.0 Å². The molecule has 3 rings (SSSR count). The van der Waals surface area contributed by atoms with E-state index in [-0.39, 0.29) is 18.0 Å². The Kier molecular flexibility index (Phi) is 4.47. The van der Waals surface area contributed by atoms with Crippen LogP contribution in [-0.4, -0.2) is 35.4 Å². The molecule has 1 aromatic heterocycles. The van der Waals surface area contributed by atoms with Crippen LogP contribution in [-0.2, 0) is 4.74 Å². The summed E-state index contributed by atoms with van der Waals surface area (Å²) in [5.74, 6) is -0.359. The molecule has 0 fully saturated rings. The van der Waals surface area contributed by atoms with Gasteiger partial charge in [0.2, 0.25) is 0 Å². The molecule has 6 nitrogen and oxygen atoms in total. The first-order chi connectivity index (χ1) is 11.7. The Hall–Kier alpha value is -3.28. The van der Waals surface area contributed by atoms with E-state index in [4.69, 9.17) is 9.47 Å². The summed E-state index contributed by atoms with van der Waals surface area (Å²) in [6, 6.07) is 11.7. The molecule has 1 heterocycles.